The second-order valence-corrected chi connectivity index (χ2v) is 3.96. The maximum atomic E-state index is 11.3. The van der Waals surface area contributed by atoms with E-state index < -0.39 is 6.04 Å². The van der Waals surface area contributed by atoms with E-state index in [9.17, 15) is 4.79 Å². The topological polar surface area (TPSA) is 49.3 Å². The number of nitrogens with one attached hydrogen (secondary N) is 1. The third-order valence-electron chi connectivity index (χ3n) is 2.23. The van der Waals surface area contributed by atoms with Gasteiger partial charge in [0.25, 0.3) is 0 Å². The number of hydrogen-bond donors (Lipinski definition) is 2. The Balaban J connectivity index is 2.48. The molecule has 0 spiro atoms. The quantitative estimate of drug-likeness (QED) is 0.735. The van der Waals surface area contributed by atoms with Gasteiger partial charge in [0.05, 0.1) is 0 Å². The highest BCUT2D eigenvalue weighted by Gasteiger charge is 2.29. The lowest BCUT2D eigenvalue weighted by Crippen LogP contribution is -2.21. The molecule has 2 rings (SSSR count). The molecule has 0 bridgehead atoms. The van der Waals surface area contributed by atoms with Crippen LogP contribution in [0.5, 0.6) is 0 Å². The third-order valence-corrected chi connectivity index (χ3v) is 2.73. The first-order valence-electron chi connectivity index (χ1n) is 3.93. The number of hydroxylamine groups is 1. The molecular weight excluding hydrogens is 234 g/mol. The minimum Gasteiger partial charge on any atom is -0.316 e. The number of benzene rings is 1. The van der Waals surface area contributed by atoms with Crippen LogP contribution in [0.2, 0.25) is 0 Å². The fourth-order valence-corrected chi connectivity index (χ4v) is 2.02. The zero-order chi connectivity index (χ0) is 9.42. The molecule has 1 aliphatic carbocycles. The van der Waals surface area contributed by atoms with Crippen LogP contribution in [0.25, 0.3) is 0 Å². The maximum Gasteiger partial charge on any atom is 0.160 e. The number of carbonyl (C=O) groups excluding carboxylic acids is 1. The number of Topliss-reactive ketones (excluding diaryl/α,β-unsaturated/α-hetero) is 1. The smallest absolute Gasteiger partial charge is 0.160 e. The van der Waals surface area contributed by atoms with Gasteiger partial charge in [-0.2, -0.15) is 5.48 Å². The lowest BCUT2D eigenvalue weighted by Gasteiger charge is -2.06. The summed E-state index contributed by atoms with van der Waals surface area (Å²) < 4.78 is 0.956. The van der Waals surface area contributed by atoms with Crippen LogP contribution in [-0.2, 0) is 11.2 Å². The van der Waals surface area contributed by atoms with Gasteiger partial charge in [0.2, 0.25) is 0 Å². The van der Waals surface area contributed by atoms with Gasteiger partial charge in [-0.3, -0.25) is 4.79 Å². The number of fused-ring (bicyclic) bond motifs is 1. The molecule has 0 saturated carbocycles. The molecule has 2 N–H and O–H groups in total. The van der Waals surface area contributed by atoms with Gasteiger partial charge in [-0.15, -0.1) is 0 Å². The van der Waals surface area contributed by atoms with Gasteiger partial charge in [-0.05, 0) is 23.3 Å². The molecule has 3 nitrogen and oxygen atoms in total. The van der Waals surface area contributed by atoms with Crippen molar-refractivity contribution in [2.24, 2.45) is 0 Å². The van der Waals surface area contributed by atoms with Crippen molar-refractivity contribution in [3.05, 3.63) is 33.8 Å². The van der Waals surface area contributed by atoms with Crippen molar-refractivity contribution in [1.29, 1.82) is 0 Å². The lowest BCUT2D eigenvalue weighted by atomic mass is 10.1. The average molecular weight is 242 g/mol. The number of ketones is 1. The van der Waals surface area contributed by atoms with Crippen LogP contribution in [0.4, 0.5) is 0 Å². The van der Waals surface area contributed by atoms with Gasteiger partial charge in [0.1, 0.15) is 6.04 Å². The molecule has 1 unspecified atom stereocenters. The molecule has 4 heteroatoms. The predicted molar refractivity (Wildman–Crippen MR) is 50.5 cm³/mol. The summed E-state index contributed by atoms with van der Waals surface area (Å²) in [6, 6.07) is 5.08. The zero-order valence-corrected chi connectivity index (χ0v) is 8.34. The summed E-state index contributed by atoms with van der Waals surface area (Å²) in [5.74, 6) is 0.00981. The zero-order valence-electron chi connectivity index (χ0n) is 6.75. The molecule has 0 aliphatic heterocycles. The normalized spacial score (nSPS) is 20.5. The summed E-state index contributed by atoms with van der Waals surface area (Å²) in [6.07, 6.45) is 0.396. The van der Waals surface area contributed by atoms with E-state index in [2.05, 4.69) is 15.9 Å². The van der Waals surface area contributed by atoms with Crippen LogP contribution in [0.15, 0.2) is 22.7 Å². The summed E-state index contributed by atoms with van der Waals surface area (Å²) in [4.78, 5) is 11.3. The second-order valence-electron chi connectivity index (χ2n) is 3.05. The van der Waals surface area contributed by atoms with Crippen LogP contribution in [0.1, 0.15) is 17.2 Å². The minimum atomic E-state index is -0.539. The van der Waals surface area contributed by atoms with Crippen LogP contribution >= 0.6 is 15.9 Å². The highest BCUT2D eigenvalue weighted by molar-refractivity contribution is 9.10. The molecule has 0 amide bonds. The van der Waals surface area contributed by atoms with E-state index >= 15 is 0 Å². The third kappa shape index (κ3) is 1.41. The molecule has 0 aromatic heterocycles. The van der Waals surface area contributed by atoms with Crippen LogP contribution < -0.4 is 5.48 Å². The number of carbonyl (C=O) groups is 1. The lowest BCUT2D eigenvalue weighted by molar-refractivity contribution is -0.122. The maximum absolute atomic E-state index is 11.3. The summed E-state index contributed by atoms with van der Waals surface area (Å²) >= 11 is 3.33. The highest BCUT2D eigenvalue weighted by Crippen LogP contribution is 2.30. The molecule has 13 heavy (non-hydrogen) atoms. The summed E-state index contributed by atoms with van der Waals surface area (Å²) in [7, 11) is 0. The first kappa shape index (κ1) is 8.87. The Bertz CT molecular complexity index is 365. The first-order chi connectivity index (χ1) is 6.22. The van der Waals surface area contributed by atoms with Crippen molar-refractivity contribution in [3.8, 4) is 0 Å². The van der Waals surface area contributed by atoms with E-state index in [4.69, 9.17) is 5.21 Å². The SMILES string of the molecule is O=C1Cc2cc(Br)ccc2C1NO. The predicted octanol–water partition coefficient (Wildman–Crippen LogP) is 1.59. The van der Waals surface area contributed by atoms with Crippen molar-refractivity contribution in [1.82, 2.24) is 5.48 Å². The number of hydrogen-bond acceptors (Lipinski definition) is 3. The summed E-state index contributed by atoms with van der Waals surface area (Å²) in [5.41, 5.74) is 3.87. The molecule has 1 aromatic rings. The Morgan fingerprint density at radius 2 is 2.31 bits per heavy atom. The molecule has 1 aromatic carbocycles. The highest BCUT2D eigenvalue weighted by atomic mass is 79.9. The first-order valence-corrected chi connectivity index (χ1v) is 4.72. The Hall–Kier alpha value is -0.710. The van der Waals surface area contributed by atoms with Crippen molar-refractivity contribution in [2.75, 3.05) is 0 Å². The van der Waals surface area contributed by atoms with Gasteiger partial charge in [-0.1, -0.05) is 22.0 Å². The van der Waals surface area contributed by atoms with Crippen molar-refractivity contribution >= 4 is 21.7 Å². The van der Waals surface area contributed by atoms with Crippen molar-refractivity contribution < 1.29 is 10.0 Å². The van der Waals surface area contributed by atoms with Gasteiger partial charge in [0, 0.05) is 10.9 Å². The van der Waals surface area contributed by atoms with E-state index in [1.165, 1.54) is 0 Å². The molecule has 0 saturated heterocycles. The molecule has 68 valence electrons. The van der Waals surface area contributed by atoms with E-state index in [1.54, 1.807) is 0 Å². The van der Waals surface area contributed by atoms with E-state index in [1.807, 2.05) is 23.7 Å². The summed E-state index contributed by atoms with van der Waals surface area (Å²) in [6.45, 7) is 0. The van der Waals surface area contributed by atoms with Crippen molar-refractivity contribution in [2.45, 2.75) is 12.5 Å². The molecule has 1 aliphatic rings. The Kier molecular flexibility index (Phi) is 2.19. The largest absolute Gasteiger partial charge is 0.316 e. The van der Waals surface area contributed by atoms with Gasteiger partial charge in [-0.25, -0.2) is 0 Å². The van der Waals surface area contributed by atoms with E-state index in [0.717, 1.165) is 15.6 Å². The minimum absolute atomic E-state index is 0.00981. The van der Waals surface area contributed by atoms with Gasteiger partial charge >= 0.3 is 0 Å². The number of rotatable bonds is 1. The Morgan fingerprint density at radius 3 is 3.00 bits per heavy atom. The second kappa shape index (κ2) is 3.21. The van der Waals surface area contributed by atoms with Crippen molar-refractivity contribution in [3.63, 3.8) is 0 Å². The van der Waals surface area contributed by atoms with Gasteiger partial charge in [0.15, 0.2) is 5.78 Å². The van der Waals surface area contributed by atoms with E-state index in [-0.39, 0.29) is 5.78 Å². The Labute approximate surface area is 83.8 Å². The molecular formula is C9H8BrNO2. The molecule has 1 atom stereocenters. The standard InChI is InChI=1S/C9H8BrNO2/c10-6-1-2-7-5(3-6)4-8(12)9(7)11-13/h1-3,9,11,13H,4H2. The molecule has 0 radical (unpaired) electrons. The summed E-state index contributed by atoms with van der Waals surface area (Å²) in [5, 5.41) is 8.77. The van der Waals surface area contributed by atoms with E-state index in [0.29, 0.717) is 6.42 Å². The van der Waals surface area contributed by atoms with Crippen LogP contribution in [-0.4, -0.2) is 11.0 Å². The Morgan fingerprint density at radius 1 is 1.54 bits per heavy atom. The van der Waals surface area contributed by atoms with Crippen LogP contribution in [0.3, 0.4) is 0 Å². The molecule has 0 heterocycles. The number of halogens is 1. The van der Waals surface area contributed by atoms with Gasteiger partial charge < -0.3 is 5.21 Å². The monoisotopic (exact) mass is 241 g/mol. The molecule has 0 fully saturated rings. The fourth-order valence-electron chi connectivity index (χ4n) is 1.61. The average Bonchev–Trinajstić information content (AvgIpc) is 2.39. The fraction of sp³-hybridized carbons (Fsp3) is 0.222. The van der Waals surface area contributed by atoms with Crippen LogP contribution in [0, 0.1) is 0 Å².